The number of rotatable bonds is 7. The molecule has 1 amide bonds. The highest BCUT2D eigenvalue weighted by molar-refractivity contribution is 9.10. The van der Waals surface area contributed by atoms with E-state index in [0.717, 1.165) is 9.86 Å². The normalized spacial score (nSPS) is 13.7. The van der Waals surface area contributed by atoms with Gasteiger partial charge in [0, 0.05) is 22.9 Å². The number of hydrogen-bond donors (Lipinski definition) is 0. The number of hydrogen-bond acceptors (Lipinski definition) is 8. The summed E-state index contributed by atoms with van der Waals surface area (Å²) in [5, 5.41) is 5.96. The summed E-state index contributed by atoms with van der Waals surface area (Å²) < 4.78 is 24.7. The standard InChI is InChI=1S/C30H24BrClN4O6/c1-39-25-13-18(12-22(32)28(25)41-17-27(37)35-8-10-40-11-9-35)16-33-36-29(34-23-5-3-2-4-21(23)30(36)38)26-15-19-14-20(31)6-7-24(19)42-26/h2-7,12-16H,8-11,17H2,1H3. The van der Waals surface area contributed by atoms with Crippen molar-refractivity contribution >= 4 is 61.5 Å². The zero-order valence-corrected chi connectivity index (χ0v) is 24.7. The van der Waals surface area contributed by atoms with Crippen LogP contribution in [0.5, 0.6) is 11.5 Å². The van der Waals surface area contributed by atoms with Crippen LogP contribution in [0.15, 0.2) is 79.4 Å². The summed E-state index contributed by atoms with van der Waals surface area (Å²) in [5.41, 5.74) is 1.32. The number of fused-ring (bicyclic) bond motifs is 2. The van der Waals surface area contributed by atoms with E-state index < -0.39 is 0 Å². The summed E-state index contributed by atoms with van der Waals surface area (Å²) in [4.78, 5) is 32.5. The number of para-hydroxylation sites is 1. The van der Waals surface area contributed by atoms with Crippen molar-refractivity contribution in [2.75, 3.05) is 40.0 Å². The molecule has 1 saturated heterocycles. The van der Waals surface area contributed by atoms with Crippen molar-refractivity contribution in [3.63, 3.8) is 0 Å². The molecule has 0 atom stereocenters. The largest absolute Gasteiger partial charge is 0.493 e. The average Bonchev–Trinajstić information content (AvgIpc) is 3.43. The molecule has 0 N–H and O–H groups in total. The molecule has 10 nitrogen and oxygen atoms in total. The lowest BCUT2D eigenvalue weighted by atomic mass is 10.2. The summed E-state index contributed by atoms with van der Waals surface area (Å²) in [6, 6.07) is 17.7. The fourth-order valence-corrected chi connectivity index (χ4v) is 5.28. The van der Waals surface area contributed by atoms with Crippen molar-refractivity contribution in [1.82, 2.24) is 14.6 Å². The molecule has 1 aliphatic rings. The summed E-state index contributed by atoms with van der Waals surface area (Å²) in [7, 11) is 1.47. The molecule has 42 heavy (non-hydrogen) atoms. The maximum atomic E-state index is 13.6. The SMILES string of the molecule is COc1cc(C=Nn2c(-c3cc4cc(Br)ccc4o3)nc3ccccc3c2=O)cc(Cl)c1OCC(=O)N1CCOCC1. The van der Waals surface area contributed by atoms with Crippen LogP contribution in [-0.2, 0) is 9.53 Å². The zero-order valence-electron chi connectivity index (χ0n) is 22.4. The quantitative estimate of drug-likeness (QED) is 0.218. The van der Waals surface area contributed by atoms with Crippen molar-refractivity contribution in [1.29, 1.82) is 0 Å². The van der Waals surface area contributed by atoms with Gasteiger partial charge in [-0.25, -0.2) is 4.98 Å². The molecule has 12 heteroatoms. The van der Waals surface area contributed by atoms with Crippen molar-refractivity contribution < 1.29 is 23.4 Å². The number of carbonyl (C=O) groups excluding carboxylic acids is 1. The molecule has 0 saturated carbocycles. The van der Waals surface area contributed by atoms with Gasteiger partial charge in [-0.15, -0.1) is 0 Å². The van der Waals surface area contributed by atoms with Crippen LogP contribution < -0.4 is 15.0 Å². The molecule has 3 aromatic carbocycles. The zero-order chi connectivity index (χ0) is 29.2. The number of morpholine rings is 1. The Balaban J connectivity index is 1.35. The summed E-state index contributed by atoms with van der Waals surface area (Å²) in [5.74, 6) is 0.993. The highest BCUT2D eigenvalue weighted by Gasteiger charge is 2.20. The molecular formula is C30H24BrClN4O6. The van der Waals surface area contributed by atoms with Crippen molar-refractivity contribution in [2.24, 2.45) is 5.10 Å². The van der Waals surface area contributed by atoms with E-state index in [2.05, 4.69) is 21.0 Å². The predicted molar refractivity (Wildman–Crippen MR) is 163 cm³/mol. The number of furan rings is 1. The average molecular weight is 652 g/mol. The lowest BCUT2D eigenvalue weighted by molar-refractivity contribution is -0.137. The maximum absolute atomic E-state index is 13.6. The van der Waals surface area contributed by atoms with Crippen LogP contribution in [0, 0.1) is 0 Å². The smallest absolute Gasteiger partial charge is 0.282 e. The molecular weight excluding hydrogens is 628 g/mol. The number of ether oxygens (including phenoxy) is 3. The van der Waals surface area contributed by atoms with Gasteiger partial charge in [0.15, 0.2) is 23.9 Å². The molecule has 3 heterocycles. The van der Waals surface area contributed by atoms with Crippen LogP contribution >= 0.6 is 27.5 Å². The summed E-state index contributed by atoms with van der Waals surface area (Å²) in [6.45, 7) is 1.82. The Kier molecular flexibility index (Phi) is 7.96. The third-order valence-electron chi connectivity index (χ3n) is 6.73. The lowest BCUT2D eigenvalue weighted by Crippen LogP contribution is -2.43. The van der Waals surface area contributed by atoms with Crippen LogP contribution in [0.1, 0.15) is 5.56 Å². The van der Waals surface area contributed by atoms with Crippen LogP contribution in [0.2, 0.25) is 5.02 Å². The van der Waals surface area contributed by atoms with Gasteiger partial charge in [-0.05, 0) is 54.1 Å². The Hall–Kier alpha value is -4.19. The van der Waals surface area contributed by atoms with Gasteiger partial charge in [0.2, 0.25) is 5.82 Å². The first-order valence-corrected chi connectivity index (χ1v) is 14.2. The Bertz CT molecular complexity index is 1900. The van der Waals surface area contributed by atoms with Gasteiger partial charge in [0.1, 0.15) is 5.58 Å². The number of nitrogens with zero attached hydrogens (tertiary/aromatic N) is 4. The fourth-order valence-electron chi connectivity index (χ4n) is 4.63. The molecule has 0 bridgehead atoms. The molecule has 1 fully saturated rings. The number of methoxy groups -OCH3 is 1. The molecule has 1 aliphatic heterocycles. The second-order valence-corrected chi connectivity index (χ2v) is 10.7. The minimum atomic E-state index is -0.367. The fraction of sp³-hybridized carbons (Fsp3) is 0.200. The van der Waals surface area contributed by atoms with Gasteiger partial charge >= 0.3 is 0 Å². The predicted octanol–water partition coefficient (Wildman–Crippen LogP) is 5.35. The van der Waals surface area contributed by atoms with E-state index >= 15 is 0 Å². The van der Waals surface area contributed by atoms with Gasteiger partial charge < -0.3 is 23.5 Å². The molecule has 2 aromatic heterocycles. The Morgan fingerprint density at radius 2 is 1.95 bits per heavy atom. The van der Waals surface area contributed by atoms with E-state index in [1.54, 1.807) is 35.2 Å². The Morgan fingerprint density at radius 1 is 1.14 bits per heavy atom. The van der Waals surface area contributed by atoms with E-state index in [0.29, 0.717) is 59.9 Å². The van der Waals surface area contributed by atoms with E-state index in [-0.39, 0.29) is 34.7 Å². The second-order valence-electron chi connectivity index (χ2n) is 9.42. The van der Waals surface area contributed by atoms with Crippen molar-refractivity contribution in [3.05, 3.63) is 86.1 Å². The monoisotopic (exact) mass is 650 g/mol. The Labute approximate surface area is 253 Å². The Morgan fingerprint density at radius 3 is 2.76 bits per heavy atom. The van der Waals surface area contributed by atoms with Crippen LogP contribution in [-0.4, -0.2) is 66.7 Å². The molecule has 5 aromatic rings. The molecule has 0 aliphatic carbocycles. The van der Waals surface area contributed by atoms with E-state index in [4.69, 9.17) is 35.2 Å². The van der Waals surface area contributed by atoms with Gasteiger partial charge in [-0.2, -0.15) is 9.78 Å². The van der Waals surface area contributed by atoms with Crippen molar-refractivity contribution in [3.8, 4) is 23.1 Å². The van der Waals surface area contributed by atoms with Crippen LogP contribution in [0.25, 0.3) is 33.5 Å². The van der Waals surface area contributed by atoms with E-state index in [1.807, 2.05) is 30.3 Å². The highest BCUT2D eigenvalue weighted by atomic mass is 79.9. The molecule has 214 valence electrons. The molecule has 0 radical (unpaired) electrons. The minimum absolute atomic E-state index is 0.171. The van der Waals surface area contributed by atoms with Gasteiger partial charge in [-0.1, -0.05) is 39.7 Å². The summed E-state index contributed by atoms with van der Waals surface area (Å²) in [6.07, 6.45) is 1.47. The van der Waals surface area contributed by atoms with E-state index in [9.17, 15) is 9.59 Å². The van der Waals surface area contributed by atoms with E-state index in [1.165, 1.54) is 18.0 Å². The first kappa shape index (κ1) is 28.0. The third-order valence-corrected chi connectivity index (χ3v) is 7.50. The molecule has 0 spiro atoms. The second kappa shape index (κ2) is 12.0. The number of carbonyl (C=O) groups is 1. The maximum Gasteiger partial charge on any atom is 0.282 e. The van der Waals surface area contributed by atoms with Gasteiger partial charge in [0.05, 0.1) is 42.5 Å². The first-order valence-electron chi connectivity index (χ1n) is 13.0. The number of benzene rings is 3. The molecule has 6 rings (SSSR count). The summed E-state index contributed by atoms with van der Waals surface area (Å²) >= 11 is 10.0. The third kappa shape index (κ3) is 5.63. The minimum Gasteiger partial charge on any atom is -0.493 e. The molecule has 0 unspecified atom stereocenters. The van der Waals surface area contributed by atoms with Crippen LogP contribution in [0.4, 0.5) is 0 Å². The number of amides is 1. The van der Waals surface area contributed by atoms with Crippen LogP contribution in [0.3, 0.4) is 0 Å². The highest BCUT2D eigenvalue weighted by Crippen LogP contribution is 2.36. The topological polar surface area (TPSA) is 108 Å². The van der Waals surface area contributed by atoms with Crippen molar-refractivity contribution in [2.45, 2.75) is 0 Å². The van der Waals surface area contributed by atoms with Gasteiger partial charge in [-0.3, -0.25) is 9.59 Å². The number of halogens is 2. The first-order chi connectivity index (χ1) is 20.4. The van der Waals surface area contributed by atoms with Gasteiger partial charge in [0.25, 0.3) is 11.5 Å². The number of aromatic nitrogens is 2. The lowest BCUT2D eigenvalue weighted by Gasteiger charge is -2.26.